The molecule has 1 heterocycles. The molecule has 1 aromatic carbocycles. The second kappa shape index (κ2) is 3.89. The third kappa shape index (κ3) is 1.65. The first-order valence-corrected chi connectivity index (χ1v) is 4.98. The molecule has 0 saturated carbocycles. The first-order valence-electron chi connectivity index (χ1n) is 4.60. The first-order chi connectivity index (χ1) is 7.15. The number of benzene rings is 1. The molecule has 0 amide bonds. The summed E-state index contributed by atoms with van der Waals surface area (Å²) in [4.78, 5) is 0. The van der Waals surface area contributed by atoms with Crippen molar-refractivity contribution < 1.29 is 14.6 Å². The summed E-state index contributed by atoms with van der Waals surface area (Å²) in [6.45, 7) is 1.89. The average Bonchev–Trinajstić information content (AvgIpc) is 2.70. The Kier molecular flexibility index (Phi) is 2.73. The fraction of sp³-hybridized carbons (Fsp3) is 0.400. The van der Waals surface area contributed by atoms with Crippen molar-refractivity contribution in [3.63, 3.8) is 0 Å². The minimum Gasteiger partial charge on any atom is -0.454 e. The molecule has 1 aliphatic heterocycles. The molecular formula is C10H12ClNO3. The van der Waals surface area contributed by atoms with Crippen LogP contribution in [0.4, 0.5) is 0 Å². The third-order valence-corrected chi connectivity index (χ3v) is 2.94. The summed E-state index contributed by atoms with van der Waals surface area (Å²) in [7, 11) is 0. The van der Waals surface area contributed by atoms with Crippen molar-refractivity contribution in [2.45, 2.75) is 13.0 Å². The fourth-order valence-electron chi connectivity index (χ4n) is 1.60. The number of hydrogen-bond donors (Lipinski definition) is 2. The highest BCUT2D eigenvalue weighted by molar-refractivity contribution is 6.33. The first kappa shape index (κ1) is 10.5. The van der Waals surface area contributed by atoms with Gasteiger partial charge in [-0.1, -0.05) is 11.6 Å². The van der Waals surface area contributed by atoms with Crippen LogP contribution in [0.2, 0.25) is 5.02 Å². The molecular weight excluding hydrogens is 218 g/mol. The summed E-state index contributed by atoms with van der Waals surface area (Å²) < 4.78 is 10.4. The van der Waals surface area contributed by atoms with Crippen molar-refractivity contribution in [1.29, 1.82) is 0 Å². The molecule has 2 rings (SSSR count). The maximum Gasteiger partial charge on any atom is 0.231 e. The zero-order chi connectivity index (χ0) is 11.0. The van der Waals surface area contributed by atoms with Gasteiger partial charge in [0.2, 0.25) is 6.79 Å². The van der Waals surface area contributed by atoms with Gasteiger partial charge < -0.3 is 20.3 Å². The lowest BCUT2D eigenvalue weighted by Crippen LogP contribution is -2.15. The smallest absolute Gasteiger partial charge is 0.231 e. The number of fused-ring (bicyclic) bond motifs is 1. The molecule has 0 bridgehead atoms. The van der Waals surface area contributed by atoms with E-state index in [1.807, 2.05) is 6.92 Å². The SMILES string of the molecule is Cc1c(C(N)CO)cc2c(c1Cl)OCO2. The predicted molar refractivity (Wildman–Crippen MR) is 56.3 cm³/mol. The number of rotatable bonds is 2. The Morgan fingerprint density at radius 2 is 2.33 bits per heavy atom. The lowest BCUT2D eigenvalue weighted by atomic mass is 10.0. The molecule has 1 unspecified atom stereocenters. The van der Waals surface area contributed by atoms with E-state index in [0.29, 0.717) is 16.5 Å². The van der Waals surface area contributed by atoms with Crippen molar-refractivity contribution in [2.24, 2.45) is 5.73 Å². The van der Waals surface area contributed by atoms with Crippen LogP contribution in [0.25, 0.3) is 0 Å². The molecule has 0 radical (unpaired) electrons. The minimum atomic E-state index is -0.447. The van der Waals surface area contributed by atoms with E-state index < -0.39 is 6.04 Å². The normalized spacial score (nSPS) is 15.5. The molecule has 4 nitrogen and oxygen atoms in total. The average molecular weight is 230 g/mol. The summed E-state index contributed by atoms with van der Waals surface area (Å²) in [6, 6.07) is 1.32. The van der Waals surface area contributed by atoms with Crippen LogP contribution >= 0.6 is 11.6 Å². The Hall–Kier alpha value is -0.970. The number of hydrogen-bond acceptors (Lipinski definition) is 4. The Morgan fingerprint density at radius 1 is 1.60 bits per heavy atom. The molecule has 0 fully saturated rings. The van der Waals surface area contributed by atoms with Gasteiger partial charge in [-0.05, 0) is 24.1 Å². The highest BCUT2D eigenvalue weighted by atomic mass is 35.5. The Morgan fingerprint density at radius 3 is 3.00 bits per heavy atom. The molecule has 0 aromatic heterocycles. The molecule has 1 aromatic rings. The number of ether oxygens (including phenoxy) is 2. The van der Waals surface area contributed by atoms with Crippen LogP contribution in [0.5, 0.6) is 11.5 Å². The van der Waals surface area contributed by atoms with Crippen molar-refractivity contribution >= 4 is 11.6 Å². The summed E-state index contributed by atoms with van der Waals surface area (Å²) in [6.07, 6.45) is 0. The summed E-state index contributed by atoms with van der Waals surface area (Å²) in [5.74, 6) is 1.15. The molecule has 5 heteroatoms. The van der Waals surface area contributed by atoms with Gasteiger partial charge in [-0.25, -0.2) is 0 Å². The van der Waals surface area contributed by atoms with Crippen LogP contribution in [-0.4, -0.2) is 18.5 Å². The number of halogens is 1. The second-order valence-corrected chi connectivity index (χ2v) is 3.81. The van der Waals surface area contributed by atoms with Crippen molar-refractivity contribution in [1.82, 2.24) is 0 Å². The van der Waals surface area contributed by atoms with E-state index in [9.17, 15) is 0 Å². The van der Waals surface area contributed by atoms with E-state index >= 15 is 0 Å². The maximum absolute atomic E-state index is 9.01. The van der Waals surface area contributed by atoms with Crippen LogP contribution in [0.1, 0.15) is 17.2 Å². The molecule has 3 N–H and O–H groups in total. The number of aliphatic hydroxyl groups excluding tert-OH is 1. The fourth-order valence-corrected chi connectivity index (χ4v) is 1.85. The second-order valence-electron chi connectivity index (χ2n) is 3.43. The lowest BCUT2D eigenvalue weighted by Gasteiger charge is -2.14. The number of nitrogens with two attached hydrogens (primary N) is 1. The van der Waals surface area contributed by atoms with E-state index in [1.54, 1.807) is 6.07 Å². The van der Waals surface area contributed by atoms with Crippen molar-refractivity contribution in [3.05, 3.63) is 22.2 Å². The van der Waals surface area contributed by atoms with Crippen molar-refractivity contribution in [3.8, 4) is 11.5 Å². The zero-order valence-electron chi connectivity index (χ0n) is 8.29. The van der Waals surface area contributed by atoms with Crippen LogP contribution in [0, 0.1) is 6.92 Å². The van der Waals surface area contributed by atoms with E-state index in [0.717, 1.165) is 11.1 Å². The predicted octanol–water partition coefficient (Wildman–Crippen LogP) is 1.37. The van der Waals surface area contributed by atoms with E-state index in [4.69, 9.17) is 31.9 Å². The van der Waals surface area contributed by atoms with Gasteiger partial charge in [-0.2, -0.15) is 0 Å². The molecule has 15 heavy (non-hydrogen) atoms. The van der Waals surface area contributed by atoms with Crippen LogP contribution in [0.15, 0.2) is 6.07 Å². The monoisotopic (exact) mass is 229 g/mol. The topological polar surface area (TPSA) is 64.7 Å². The van der Waals surface area contributed by atoms with Gasteiger partial charge >= 0.3 is 0 Å². The lowest BCUT2D eigenvalue weighted by molar-refractivity contribution is 0.174. The summed E-state index contributed by atoms with van der Waals surface area (Å²) >= 11 is 6.10. The highest BCUT2D eigenvalue weighted by Crippen LogP contribution is 2.43. The molecule has 82 valence electrons. The Bertz CT molecular complexity index is 395. The molecule has 1 aliphatic rings. The van der Waals surface area contributed by atoms with Crippen molar-refractivity contribution in [2.75, 3.05) is 13.4 Å². The molecule has 0 spiro atoms. The van der Waals surface area contributed by atoms with E-state index in [-0.39, 0.29) is 13.4 Å². The Balaban J connectivity index is 2.54. The van der Waals surface area contributed by atoms with Crippen LogP contribution < -0.4 is 15.2 Å². The molecule has 0 saturated heterocycles. The van der Waals surface area contributed by atoms with E-state index in [1.165, 1.54) is 0 Å². The standard InChI is InChI=1S/C10H12ClNO3/c1-5-6(7(12)3-13)2-8-10(9(5)11)15-4-14-8/h2,7,13H,3-4,12H2,1H3. The summed E-state index contributed by atoms with van der Waals surface area (Å²) in [5, 5.41) is 9.52. The van der Waals surface area contributed by atoms with E-state index in [2.05, 4.69) is 0 Å². The van der Waals surface area contributed by atoms with Gasteiger partial charge in [0.15, 0.2) is 11.5 Å². The van der Waals surface area contributed by atoms with Gasteiger partial charge in [0.25, 0.3) is 0 Å². The maximum atomic E-state index is 9.01. The number of aliphatic hydroxyl groups is 1. The third-order valence-electron chi connectivity index (χ3n) is 2.49. The van der Waals surface area contributed by atoms with Crippen LogP contribution in [-0.2, 0) is 0 Å². The zero-order valence-corrected chi connectivity index (χ0v) is 9.04. The molecule has 0 aliphatic carbocycles. The highest BCUT2D eigenvalue weighted by Gasteiger charge is 2.23. The van der Waals surface area contributed by atoms with Crippen LogP contribution in [0.3, 0.4) is 0 Å². The molecule has 1 atom stereocenters. The quantitative estimate of drug-likeness (QED) is 0.804. The van der Waals surface area contributed by atoms with Gasteiger partial charge in [-0.15, -0.1) is 0 Å². The largest absolute Gasteiger partial charge is 0.454 e. The van der Waals surface area contributed by atoms with Gasteiger partial charge in [-0.3, -0.25) is 0 Å². The minimum absolute atomic E-state index is 0.128. The Labute approximate surface area is 92.5 Å². The van der Waals surface area contributed by atoms with Gasteiger partial charge in [0.05, 0.1) is 17.7 Å². The summed E-state index contributed by atoms with van der Waals surface area (Å²) in [5.41, 5.74) is 7.36. The van der Waals surface area contributed by atoms with Gasteiger partial charge in [0.1, 0.15) is 0 Å². The van der Waals surface area contributed by atoms with Gasteiger partial charge in [0, 0.05) is 0 Å².